The molecule has 0 radical (unpaired) electrons. The summed E-state index contributed by atoms with van der Waals surface area (Å²) in [6, 6.07) is 6.90. The number of benzene rings is 1. The van der Waals surface area contributed by atoms with E-state index in [4.69, 9.17) is 18.9 Å². The second kappa shape index (κ2) is 9.76. The van der Waals surface area contributed by atoms with E-state index >= 15 is 0 Å². The quantitative estimate of drug-likeness (QED) is 0.640. The minimum atomic E-state index is -0.125. The molecule has 2 aromatic rings. The number of likely N-dealkylation sites (tertiary alicyclic amines) is 1. The van der Waals surface area contributed by atoms with Gasteiger partial charge in [-0.25, -0.2) is 0 Å². The predicted molar refractivity (Wildman–Crippen MR) is 116 cm³/mol. The molecule has 2 heterocycles. The van der Waals surface area contributed by atoms with Gasteiger partial charge >= 0.3 is 0 Å². The van der Waals surface area contributed by atoms with Crippen LogP contribution in [0.25, 0.3) is 0 Å². The number of ether oxygens (including phenoxy) is 4. The van der Waals surface area contributed by atoms with Crippen LogP contribution in [0, 0.1) is 6.92 Å². The topological polar surface area (TPSA) is 79.2 Å². The highest BCUT2D eigenvalue weighted by molar-refractivity contribution is 5.77. The highest BCUT2D eigenvalue weighted by atomic mass is 16.5. The molecule has 31 heavy (non-hydrogen) atoms. The molecule has 3 rings (SSSR count). The van der Waals surface area contributed by atoms with Gasteiger partial charge in [-0.1, -0.05) is 0 Å². The molecule has 0 saturated carbocycles. The van der Waals surface area contributed by atoms with E-state index in [2.05, 4.69) is 0 Å². The van der Waals surface area contributed by atoms with E-state index in [9.17, 15) is 9.59 Å². The van der Waals surface area contributed by atoms with Gasteiger partial charge in [-0.2, -0.15) is 0 Å². The molecule has 0 N–H and O–H groups in total. The third kappa shape index (κ3) is 5.13. The van der Waals surface area contributed by atoms with Gasteiger partial charge in [-0.3, -0.25) is 9.59 Å². The molecule has 1 atom stereocenters. The fourth-order valence-electron chi connectivity index (χ4n) is 3.76. The van der Waals surface area contributed by atoms with Crippen LogP contribution in [0.2, 0.25) is 0 Å². The Labute approximate surface area is 182 Å². The highest BCUT2D eigenvalue weighted by Gasteiger charge is 2.28. The second-order valence-electron chi connectivity index (χ2n) is 7.61. The van der Waals surface area contributed by atoms with Crippen molar-refractivity contribution >= 4 is 5.91 Å². The van der Waals surface area contributed by atoms with Crippen LogP contribution in [-0.2, 0) is 18.3 Å². The predicted octanol–water partition coefficient (Wildman–Crippen LogP) is 2.33. The van der Waals surface area contributed by atoms with Crippen LogP contribution in [-0.4, -0.2) is 55.9 Å². The normalized spacial score (nSPS) is 15.6. The number of aryl methyl sites for hydroxylation is 1. The standard InChI is InChI=1S/C23H30N2O6/c1-15-10-18(13-23(27)24(15)2)31-16-8-9-25(14-16)22(26)7-6-19-20(29-4)11-17(28-3)12-21(19)30-5/h10-13,16H,6-9,14H2,1-5H3. The number of hydrogen-bond donors (Lipinski definition) is 0. The summed E-state index contributed by atoms with van der Waals surface area (Å²) in [7, 11) is 6.48. The van der Waals surface area contributed by atoms with Crippen molar-refractivity contribution in [3.8, 4) is 23.0 Å². The van der Waals surface area contributed by atoms with E-state index in [0.717, 1.165) is 17.7 Å². The average molecular weight is 431 g/mol. The number of hydrogen-bond acceptors (Lipinski definition) is 6. The minimum Gasteiger partial charge on any atom is -0.496 e. The van der Waals surface area contributed by atoms with Crippen molar-refractivity contribution in [2.75, 3.05) is 34.4 Å². The second-order valence-corrected chi connectivity index (χ2v) is 7.61. The fraction of sp³-hybridized carbons (Fsp3) is 0.478. The largest absolute Gasteiger partial charge is 0.496 e. The average Bonchev–Trinajstić information content (AvgIpc) is 3.23. The SMILES string of the molecule is COc1cc(OC)c(CCC(=O)N2CCC(Oc3cc(C)n(C)c(=O)c3)C2)c(OC)c1. The van der Waals surface area contributed by atoms with Crippen LogP contribution in [0.4, 0.5) is 0 Å². The summed E-state index contributed by atoms with van der Waals surface area (Å²) in [4.78, 5) is 26.6. The maximum Gasteiger partial charge on any atom is 0.254 e. The van der Waals surface area contributed by atoms with E-state index < -0.39 is 0 Å². The van der Waals surface area contributed by atoms with E-state index in [-0.39, 0.29) is 17.6 Å². The van der Waals surface area contributed by atoms with Crippen molar-refractivity contribution in [3.63, 3.8) is 0 Å². The number of pyridine rings is 1. The van der Waals surface area contributed by atoms with Crippen molar-refractivity contribution in [3.05, 3.63) is 45.9 Å². The Hall–Kier alpha value is -3.16. The smallest absolute Gasteiger partial charge is 0.254 e. The van der Waals surface area contributed by atoms with Gasteiger partial charge in [-0.05, 0) is 19.4 Å². The summed E-state index contributed by atoms with van der Waals surface area (Å²) in [5.74, 6) is 2.49. The number of amides is 1. The summed E-state index contributed by atoms with van der Waals surface area (Å²) in [6.07, 6.45) is 1.43. The van der Waals surface area contributed by atoms with Crippen LogP contribution in [0.3, 0.4) is 0 Å². The van der Waals surface area contributed by atoms with Crippen molar-refractivity contribution in [2.45, 2.75) is 32.3 Å². The number of rotatable bonds is 8. The lowest BCUT2D eigenvalue weighted by atomic mass is 10.1. The zero-order valence-corrected chi connectivity index (χ0v) is 18.8. The Kier molecular flexibility index (Phi) is 7.09. The summed E-state index contributed by atoms with van der Waals surface area (Å²) in [5, 5.41) is 0. The number of carbonyl (C=O) groups excluding carboxylic acids is 1. The third-order valence-electron chi connectivity index (χ3n) is 5.68. The molecule has 1 aromatic heterocycles. The number of aromatic nitrogens is 1. The van der Waals surface area contributed by atoms with Crippen LogP contribution >= 0.6 is 0 Å². The van der Waals surface area contributed by atoms with Crippen molar-refractivity contribution in [2.24, 2.45) is 7.05 Å². The molecule has 1 fully saturated rings. The molecule has 0 aliphatic carbocycles. The molecule has 8 heteroatoms. The Morgan fingerprint density at radius 3 is 2.29 bits per heavy atom. The Morgan fingerprint density at radius 1 is 1.03 bits per heavy atom. The van der Waals surface area contributed by atoms with Gasteiger partial charge in [0.05, 0.1) is 27.9 Å². The molecule has 1 aliphatic rings. The van der Waals surface area contributed by atoms with Crippen molar-refractivity contribution in [1.82, 2.24) is 9.47 Å². The molecule has 8 nitrogen and oxygen atoms in total. The maximum atomic E-state index is 12.8. The lowest BCUT2D eigenvalue weighted by Gasteiger charge is -2.19. The zero-order chi connectivity index (χ0) is 22.5. The molecule has 1 aromatic carbocycles. The van der Waals surface area contributed by atoms with E-state index in [1.807, 2.05) is 13.0 Å². The molecule has 1 aliphatic heterocycles. The fourth-order valence-corrected chi connectivity index (χ4v) is 3.76. The molecule has 0 bridgehead atoms. The Bertz CT molecular complexity index is 975. The van der Waals surface area contributed by atoms with E-state index in [1.54, 1.807) is 50.0 Å². The van der Waals surface area contributed by atoms with Gasteiger partial charge in [0.25, 0.3) is 5.56 Å². The highest BCUT2D eigenvalue weighted by Crippen LogP contribution is 2.35. The molecule has 1 amide bonds. The maximum absolute atomic E-state index is 12.8. The zero-order valence-electron chi connectivity index (χ0n) is 18.8. The lowest BCUT2D eigenvalue weighted by Crippen LogP contribution is -2.31. The van der Waals surface area contributed by atoms with Gasteiger partial charge in [-0.15, -0.1) is 0 Å². The Morgan fingerprint density at radius 2 is 1.71 bits per heavy atom. The van der Waals surface area contributed by atoms with Crippen LogP contribution in [0.15, 0.2) is 29.1 Å². The molecule has 1 unspecified atom stereocenters. The monoisotopic (exact) mass is 430 g/mol. The lowest BCUT2D eigenvalue weighted by molar-refractivity contribution is -0.130. The number of methoxy groups -OCH3 is 3. The first-order valence-corrected chi connectivity index (χ1v) is 10.3. The van der Waals surface area contributed by atoms with Crippen molar-refractivity contribution < 1.29 is 23.7 Å². The molecular weight excluding hydrogens is 400 g/mol. The molecule has 168 valence electrons. The molecule has 0 spiro atoms. The van der Waals surface area contributed by atoms with Gasteiger partial charge in [0.1, 0.15) is 29.1 Å². The van der Waals surface area contributed by atoms with E-state index in [0.29, 0.717) is 48.9 Å². The van der Waals surface area contributed by atoms with E-state index in [1.165, 1.54) is 6.07 Å². The first kappa shape index (κ1) is 22.5. The van der Waals surface area contributed by atoms with Gasteiger partial charge in [0.2, 0.25) is 5.91 Å². The third-order valence-corrected chi connectivity index (χ3v) is 5.68. The van der Waals surface area contributed by atoms with Crippen LogP contribution in [0.5, 0.6) is 23.0 Å². The summed E-state index contributed by atoms with van der Waals surface area (Å²) in [5.41, 5.74) is 1.56. The van der Waals surface area contributed by atoms with Crippen LogP contribution < -0.4 is 24.5 Å². The van der Waals surface area contributed by atoms with Gasteiger partial charge in [0.15, 0.2) is 0 Å². The first-order chi connectivity index (χ1) is 14.9. The first-order valence-electron chi connectivity index (χ1n) is 10.3. The van der Waals surface area contributed by atoms with Gasteiger partial charge < -0.3 is 28.4 Å². The summed E-state index contributed by atoms with van der Waals surface area (Å²) < 4.78 is 23.7. The summed E-state index contributed by atoms with van der Waals surface area (Å²) in [6.45, 7) is 2.99. The number of carbonyl (C=O) groups is 1. The van der Waals surface area contributed by atoms with Crippen LogP contribution in [0.1, 0.15) is 24.1 Å². The molecular formula is C23H30N2O6. The summed E-state index contributed by atoms with van der Waals surface area (Å²) >= 11 is 0. The minimum absolute atomic E-state index is 0.0474. The van der Waals surface area contributed by atoms with Crippen molar-refractivity contribution in [1.29, 1.82) is 0 Å². The Balaban J connectivity index is 1.61. The van der Waals surface area contributed by atoms with Gasteiger partial charge in [0, 0.05) is 55.9 Å². The molecule has 1 saturated heterocycles. The number of nitrogens with zero attached hydrogens (tertiary/aromatic N) is 2.